The Kier molecular flexibility index (Phi) is 6.53. The van der Waals surface area contributed by atoms with Gasteiger partial charge in [-0.15, -0.1) is 6.58 Å². The molecule has 33 heavy (non-hydrogen) atoms. The highest BCUT2D eigenvalue weighted by atomic mass is 16.2. The van der Waals surface area contributed by atoms with Gasteiger partial charge in [0, 0.05) is 31.4 Å². The van der Waals surface area contributed by atoms with Crippen LogP contribution in [0.4, 0.5) is 4.79 Å². The fourth-order valence-corrected chi connectivity index (χ4v) is 4.20. The first kappa shape index (κ1) is 22.3. The van der Waals surface area contributed by atoms with Crippen molar-refractivity contribution in [3.63, 3.8) is 0 Å². The van der Waals surface area contributed by atoms with Crippen molar-refractivity contribution in [1.82, 2.24) is 25.4 Å². The molecule has 4 amide bonds. The molecule has 4 rings (SSSR count). The Morgan fingerprint density at radius 1 is 1.27 bits per heavy atom. The van der Waals surface area contributed by atoms with Gasteiger partial charge < -0.3 is 15.5 Å². The maximum absolute atomic E-state index is 13.4. The van der Waals surface area contributed by atoms with E-state index in [1.165, 1.54) is 9.80 Å². The number of carbonyl (C=O) groups excluding carboxylic acids is 3. The molecular weight excluding hydrogens is 418 g/mol. The Labute approximate surface area is 193 Å². The van der Waals surface area contributed by atoms with Gasteiger partial charge in [-0.1, -0.05) is 42.0 Å². The van der Waals surface area contributed by atoms with Gasteiger partial charge in [0.15, 0.2) is 0 Å². The van der Waals surface area contributed by atoms with Crippen LogP contribution in [0.15, 0.2) is 72.6 Å². The molecule has 2 aliphatic heterocycles. The van der Waals surface area contributed by atoms with Crippen LogP contribution in [0.25, 0.3) is 0 Å². The quantitative estimate of drug-likeness (QED) is 0.609. The van der Waals surface area contributed by atoms with Gasteiger partial charge in [0.1, 0.15) is 6.54 Å². The number of carbonyl (C=O) groups is 3. The van der Waals surface area contributed by atoms with Crippen molar-refractivity contribution in [2.24, 2.45) is 0 Å². The summed E-state index contributed by atoms with van der Waals surface area (Å²) in [6.45, 7) is 6.52. The van der Waals surface area contributed by atoms with Crippen molar-refractivity contribution >= 4 is 17.8 Å². The summed E-state index contributed by atoms with van der Waals surface area (Å²) in [4.78, 5) is 46.0. The van der Waals surface area contributed by atoms with Crippen molar-refractivity contribution in [1.29, 1.82) is 0 Å². The zero-order valence-corrected chi connectivity index (χ0v) is 18.6. The Hall–Kier alpha value is -3.94. The molecule has 0 unspecified atom stereocenters. The summed E-state index contributed by atoms with van der Waals surface area (Å²) in [5.41, 5.74) is 3.88. The highest BCUT2D eigenvalue weighted by molar-refractivity contribution is 6.03. The zero-order valence-electron chi connectivity index (χ0n) is 18.6. The van der Waals surface area contributed by atoms with Gasteiger partial charge in [-0.3, -0.25) is 19.5 Å². The van der Waals surface area contributed by atoms with Gasteiger partial charge in [-0.25, -0.2) is 4.79 Å². The van der Waals surface area contributed by atoms with Gasteiger partial charge in [-0.05, 0) is 24.6 Å². The van der Waals surface area contributed by atoms with Gasteiger partial charge in [0.05, 0.1) is 23.9 Å². The minimum Gasteiger partial charge on any atom is -0.354 e. The molecule has 170 valence electrons. The van der Waals surface area contributed by atoms with E-state index < -0.39 is 6.04 Å². The zero-order chi connectivity index (χ0) is 23.4. The molecule has 0 saturated heterocycles. The molecule has 8 nitrogen and oxygen atoms in total. The number of aryl methyl sites for hydroxylation is 1. The fourth-order valence-electron chi connectivity index (χ4n) is 4.20. The SMILES string of the molecule is C=CCN1C(=O)N[C@H](c2cccc(C)c2)C2=C1CN(CC(=O)NCCc1ccccn1)C2=O. The molecule has 0 spiro atoms. The second-order valence-electron chi connectivity index (χ2n) is 8.14. The van der Waals surface area contributed by atoms with E-state index in [2.05, 4.69) is 22.2 Å². The molecule has 2 aromatic rings. The third-order valence-electron chi connectivity index (χ3n) is 5.75. The highest BCUT2D eigenvalue weighted by Gasteiger charge is 2.44. The van der Waals surface area contributed by atoms with E-state index in [9.17, 15) is 14.4 Å². The smallest absolute Gasteiger partial charge is 0.322 e. The minimum atomic E-state index is -0.557. The van der Waals surface area contributed by atoms with Crippen LogP contribution in [0.2, 0.25) is 0 Å². The van der Waals surface area contributed by atoms with Crippen molar-refractivity contribution < 1.29 is 14.4 Å². The molecule has 1 aromatic carbocycles. The van der Waals surface area contributed by atoms with Crippen molar-refractivity contribution in [3.05, 3.63) is 89.4 Å². The molecule has 3 heterocycles. The predicted octanol–water partition coefficient (Wildman–Crippen LogP) is 2.10. The van der Waals surface area contributed by atoms with Crippen LogP contribution in [-0.4, -0.2) is 58.8 Å². The van der Waals surface area contributed by atoms with Crippen LogP contribution in [0.5, 0.6) is 0 Å². The number of pyridine rings is 1. The molecule has 8 heteroatoms. The number of amides is 4. The normalized spacial score (nSPS) is 17.7. The lowest BCUT2D eigenvalue weighted by molar-refractivity contribution is -0.131. The number of hydrogen-bond acceptors (Lipinski definition) is 4. The Balaban J connectivity index is 1.48. The van der Waals surface area contributed by atoms with E-state index in [4.69, 9.17) is 0 Å². The molecule has 0 radical (unpaired) electrons. The Bertz CT molecular complexity index is 1110. The van der Waals surface area contributed by atoms with Crippen LogP contribution in [-0.2, 0) is 16.0 Å². The predicted molar refractivity (Wildman–Crippen MR) is 124 cm³/mol. The van der Waals surface area contributed by atoms with Gasteiger partial charge in [0.25, 0.3) is 5.91 Å². The van der Waals surface area contributed by atoms with Crippen LogP contribution >= 0.6 is 0 Å². The van der Waals surface area contributed by atoms with Gasteiger partial charge >= 0.3 is 6.03 Å². The summed E-state index contributed by atoms with van der Waals surface area (Å²) in [6.07, 6.45) is 3.94. The van der Waals surface area contributed by atoms with Crippen LogP contribution < -0.4 is 10.6 Å². The third-order valence-corrected chi connectivity index (χ3v) is 5.75. The lowest BCUT2D eigenvalue weighted by atomic mass is 9.94. The van der Waals surface area contributed by atoms with E-state index >= 15 is 0 Å². The van der Waals surface area contributed by atoms with Crippen LogP contribution in [0, 0.1) is 6.92 Å². The topological polar surface area (TPSA) is 94.6 Å². The number of nitrogens with one attached hydrogen (secondary N) is 2. The summed E-state index contributed by atoms with van der Waals surface area (Å²) in [7, 11) is 0. The summed E-state index contributed by atoms with van der Waals surface area (Å²) in [5, 5.41) is 5.80. The number of nitrogens with zero attached hydrogens (tertiary/aromatic N) is 3. The van der Waals surface area contributed by atoms with Crippen LogP contribution in [0.1, 0.15) is 22.9 Å². The summed E-state index contributed by atoms with van der Waals surface area (Å²) < 4.78 is 0. The third kappa shape index (κ3) is 4.79. The molecule has 2 N–H and O–H groups in total. The van der Waals surface area contributed by atoms with Crippen molar-refractivity contribution in [2.45, 2.75) is 19.4 Å². The van der Waals surface area contributed by atoms with Gasteiger partial charge in [0.2, 0.25) is 5.91 Å². The second kappa shape index (κ2) is 9.68. The fraction of sp³-hybridized carbons (Fsp3) is 0.280. The van der Waals surface area contributed by atoms with Crippen molar-refractivity contribution in [3.8, 4) is 0 Å². The molecule has 0 saturated carbocycles. The maximum atomic E-state index is 13.4. The average molecular weight is 446 g/mol. The first-order valence-corrected chi connectivity index (χ1v) is 10.9. The minimum absolute atomic E-state index is 0.0787. The van der Waals surface area contributed by atoms with E-state index in [0.29, 0.717) is 24.2 Å². The van der Waals surface area contributed by atoms with Crippen molar-refractivity contribution in [2.75, 3.05) is 26.2 Å². The summed E-state index contributed by atoms with van der Waals surface area (Å²) >= 11 is 0. The van der Waals surface area contributed by atoms with E-state index in [1.807, 2.05) is 49.4 Å². The molecule has 0 aliphatic carbocycles. The first-order chi connectivity index (χ1) is 16.0. The van der Waals surface area contributed by atoms with E-state index in [1.54, 1.807) is 12.3 Å². The molecular formula is C25H27N5O3. The van der Waals surface area contributed by atoms with E-state index in [-0.39, 0.29) is 37.5 Å². The number of hydrogen-bond donors (Lipinski definition) is 2. The number of benzene rings is 1. The molecule has 1 atom stereocenters. The molecule has 2 aliphatic rings. The molecule has 1 aromatic heterocycles. The summed E-state index contributed by atoms with van der Waals surface area (Å²) in [5.74, 6) is -0.494. The monoisotopic (exact) mass is 445 g/mol. The first-order valence-electron chi connectivity index (χ1n) is 10.9. The number of aromatic nitrogens is 1. The summed E-state index contributed by atoms with van der Waals surface area (Å²) in [6, 6.07) is 12.5. The Morgan fingerprint density at radius 2 is 2.12 bits per heavy atom. The van der Waals surface area contributed by atoms with Gasteiger partial charge in [-0.2, -0.15) is 0 Å². The van der Waals surface area contributed by atoms with Crippen LogP contribution in [0.3, 0.4) is 0 Å². The lowest BCUT2D eigenvalue weighted by Crippen LogP contribution is -2.47. The second-order valence-corrected chi connectivity index (χ2v) is 8.14. The number of rotatable bonds is 8. The van der Waals surface area contributed by atoms with E-state index in [0.717, 1.165) is 16.8 Å². The lowest BCUT2D eigenvalue weighted by Gasteiger charge is -2.33. The largest absolute Gasteiger partial charge is 0.354 e. The maximum Gasteiger partial charge on any atom is 0.322 e. The number of urea groups is 1. The molecule has 0 fully saturated rings. The highest BCUT2D eigenvalue weighted by Crippen LogP contribution is 2.36. The average Bonchev–Trinajstić information content (AvgIpc) is 3.12. The Morgan fingerprint density at radius 3 is 2.85 bits per heavy atom. The standard InChI is InChI=1S/C25H27N5O3/c1-3-13-30-20-15-29(16-21(31)27-12-10-19-9-4-5-11-26-19)24(32)22(20)23(28-25(30)33)18-8-6-7-17(2)14-18/h3-9,11,14,23H,1,10,12-13,15-16H2,2H3,(H,27,31)(H,28,33)/t23-/m1/s1. The molecule has 0 bridgehead atoms.